The molecular formula is C13H19N5O2. The fourth-order valence-corrected chi connectivity index (χ4v) is 2.27. The Balaban J connectivity index is 0.000000452. The van der Waals surface area contributed by atoms with E-state index < -0.39 is 0 Å². The molecule has 0 aliphatic heterocycles. The van der Waals surface area contributed by atoms with Crippen molar-refractivity contribution in [2.75, 3.05) is 18.9 Å². The number of aliphatic hydroxyl groups is 2. The largest absolute Gasteiger partial charge is 0.397 e. The van der Waals surface area contributed by atoms with Crippen LogP contribution in [-0.4, -0.2) is 42.9 Å². The van der Waals surface area contributed by atoms with Gasteiger partial charge in [-0.15, -0.1) is 0 Å². The van der Waals surface area contributed by atoms with Crippen molar-refractivity contribution in [2.24, 2.45) is 5.92 Å². The third-order valence-electron chi connectivity index (χ3n) is 3.40. The standard InChI is InChI=1S/C11H13N5O.C2H6O/c1-6-7(3-17)2-8(6)16-5-15-9-10(12)13-4-14-11(9)16;1-2-3/h4-5,7-8,17H,1-3H2,(H2,12,13,14);3H,2H2,1H3. The number of imidazole rings is 1. The summed E-state index contributed by atoms with van der Waals surface area (Å²) in [7, 11) is 0. The van der Waals surface area contributed by atoms with Crippen molar-refractivity contribution in [1.82, 2.24) is 19.5 Å². The van der Waals surface area contributed by atoms with Gasteiger partial charge in [0.1, 0.15) is 11.8 Å². The maximum absolute atomic E-state index is 9.10. The van der Waals surface area contributed by atoms with Crippen molar-refractivity contribution in [3.63, 3.8) is 0 Å². The molecule has 0 radical (unpaired) electrons. The van der Waals surface area contributed by atoms with Crippen molar-refractivity contribution < 1.29 is 10.2 Å². The second-order valence-corrected chi connectivity index (χ2v) is 4.61. The van der Waals surface area contributed by atoms with Gasteiger partial charge in [0.25, 0.3) is 0 Å². The zero-order chi connectivity index (χ0) is 14.7. The molecular weight excluding hydrogens is 258 g/mol. The summed E-state index contributed by atoms with van der Waals surface area (Å²) in [6, 6.07) is 0.159. The first kappa shape index (κ1) is 14.4. The molecule has 1 aliphatic rings. The van der Waals surface area contributed by atoms with Crippen LogP contribution in [0, 0.1) is 5.92 Å². The highest BCUT2D eigenvalue weighted by atomic mass is 16.3. The average molecular weight is 277 g/mol. The molecule has 7 nitrogen and oxygen atoms in total. The van der Waals surface area contributed by atoms with Crippen LogP contribution in [0.4, 0.5) is 5.82 Å². The lowest BCUT2D eigenvalue weighted by Gasteiger charge is -2.38. The Morgan fingerprint density at radius 1 is 1.40 bits per heavy atom. The number of nitrogens with zero attached hydrogens (tertiary/aromatic N) is 4. The maximum Gasteiger partial charge on any atom is 0.165 e. The molecule has 1 saturated carbocycles. The van der Waals surface area contributed by atoms with Crippen LogP contribution < -0.4 is 5.73 Å². The number of nitrogen functional groups attached to an aromatic ring is 1. The molecule has 2 unspecified atom stereocenters. The number of nitrogens with two attached hydrogens (primary N) is 1. The van der Waals surface area contributed by atoms with Crippen LogP contribution in [0.1, 0.15) is 19.4 Å². The Kier molecular flexibility index (Phi) is 4.31. The van der Waals surface area contributed by atoms with Gasteiger partial charge < -0.3 is 20.5 Å². The molecule has 2 atom stereocenters. The van der Waals surface area contributed by atoms with Crippen molar-refractivity contribution in [2.45, 2.75) is 19.4 Å². The van der Waals surface area contributed by atoms with E-state index >= 15 is 0 Å². The van der Waals surface area contributed by atoms with E-state index in [4.69, 9.17) is 15.9 Å². The molecule has 0 bridgehead atoms. The van der Waals surface area contributed by atoms with Gasteiger partial charge in [0.05, 0.1) is 12.4 Å². The summed E-state index contributed by atoms with van der Waals surface area (Å²) in [5.74, 6) is 0.578. The number of aromatic nitrogens is 4. The summed E-state index contributed by atoms with van der Waals surface area (Å²) < 4.78 is 1.95. The lowest BCUT2D eigenvalue weighted by Crippen LogP contribution is -2.31. The summed E-state index contributed by atoms with van der Waals surface area (Å²) in [5, 5.41) is 16.7. The number of hydrogen-bond acceptors (Lipinski definition) is 6. The smallest absolute Gasteiger partial charge is 0.165 e. The summed E-state index contributed by atoms with van der Waals surface area (Å²) in [5.41, 5.74) is 8.09. The summed E-state index contributed by atoms with van der Waals surface area (Å²) in [4.78, 5) is 12.3. The normalized spacial score (nSPS) is 21.2. The molecule has 4 N–H and O–H groups in total. The lowest BCUT2D eigenvalue weighted by atomic mass is 9.76. The summed E-state index contributed by atoms with van der Waals surface area (Å²) >= 11 is 0. The zero-order valence-corrected chi connectivity index (χ0v) is 11.4. The van der Waals surface area contributed by atoms with Gasteiger partial charge in [0, 0.05) is 19.1 Å². The second-order valence-electron chi connectivity index (χ2n) is 4.61. The van der Waals surface area contributed by atoms with Gasteiger partial charge in [-0.25, -0.2) is 15.0 Å². The van der Waals surface area contributed by atoms with Crippen LogP contribution in [0.15, 0.2) is 24.8 Å². The van der Waals surface area contributed by atoms with Gasteiger partial charge in [0.15, 0.2) is 11.5 Å². The van der Waals surface area contributed by atoms with E-state index in [1.807, 2.05) is 4.57 Å². The van der Waals surface area contributed by atoms with Crippen molar-refractivity contribution in [1.29, 1.82) is 0 Å². The average Bonchev–Trinajstić information content (AvgIpc) is 2.84. The van der Waals surface area contributed by atoms with E-state index in [0.717, 1.165) is 17.6 Å². The van der Waals surface area contributed by atoms with Crippen molar-refractivity contribution in [3.8, 4) is 0 Å². The number of hydrogen-bond donors (Lipinski definition) is 3. The second kappa shape index (κ2) is 5.98. The molecule has 0 spiro atoms. The van der Waals surface area contributed by atoms with Crippen LogP contribution >= 0.6 is 0 Å². The molecule has 2 heterocycles. The highest BCUT2D eigenvalue weighted by Crippen LogP contribution is 2.43. The van der Waals surface area contributed by atoms with E-state index in [1.54, 1.807) is 13.3 Å². The molecule has 2 aromatic heterocycles. The van der Waals surface area contributed by atoms with Crippen LogP contribution in [0.25, 0.3) is 11.2 Å². The maximum atomic E-state index is 9.10. The number of fused-ring (bicyclic) bond motifs is 1. The molecule has 20 heavy (non-hydrogen) atoms. The molecule has 7 heteroatoms. The minimum Gasteiger partial charge on any atom is -0.397 e. The molecule has 0 aromatic carbocycles. The molecule has 1 fully saturated rings. The van der Waals surface area contributed by atoms with E-state index in [1.165, 1.54) is 6.33 Å². The minimum atomic E-state index is 0.152. The van der Waals surface area contributed by atoms with Gasteiger partial charge in [-0.2, -0.15) is 0 Å². The molecule has 108 valence electrons. The Morgan fingerprint density at radius 2 is 2.10 bits per heavy atom. The SMILES string of the molecule is C=C1C(CO)CC1n1cnc2c(N)ncnc21.CCO. The van der Waals surface area contributed by atoms with Crippen molar-refractivity contribution >= 4 is 17.0 Å². The fourth-order valence-electron chi connectivity index (χ4n) is 2.27. The third-order valence-corrected chi connectivity index (χ3v) is 3.40. The minimum absolute atomic E-state index is 0.152. The quantitative estimate of drug-likeness (QED) is 0.690. The number of rotatable bonds is 2. The number of anilines is 1. The highest BCUT2D eigenvalue weighted by Gasteiger charge is 2.35. The topological polar surface area (TPSA) is 110 Å². The molecule has 0 saturated heterocycles. The fraction of sp³-hybridized carbons (Fsp3) is 0.462. The third kappa shape index (κ3) is 2.37. The Morgan fingerprint density at radius 3 is 2.70 bits per heavy atom. The Hall–Kier alpha value is -1.99. The van der Waals surface area contributed by atoms with Crippen LogP contribution in [0.2, 0.25) is 0 Å². The van der Waals surface area contributed by atoms with Crippen molar-refractivity contribution in [3.05, 3.63) is 24.8 Å². The van der Waals surface area contributed by atoms with Gasteiger partial charge in [-0.3, -0.25) is 0 Å². The van der Waals surface area contributed by atoms with Crippen LogP contribution in [0.3, 0.4) is 0 Å². The Bertz CT molecular complexity index is 610. The first-order chi connectivity index (χ1) is 9.63. The monoisotopic (exact) mass is 277 g/mol. The van der Waals surface area contributed by atoms with Gasteiger partial charge >= 0.3 is 0 Å². The van der Waals surface area contributed by atoms with Crippen LogP contribution in [-0.2, 0) is 0 Å². The predicted molar refractivity (Wildman–Crippen MR) is 75.9 cm³/mol. The summed E-state index contributed by atoms with van der Waals surface area (Å²) in [6.07, 6.45) is 4.00. The zero-order valence-electron chi connectivity index (χ0n) is 11.4. The molecule has 3 rings (SSSR count). The summed E-state index contributed by atoms with van der Waals surface area (Å²) in [6.45, 7) is 6.08. The number of aliphatic hydroxyl groups excluding tert-OH is 2. The lowest BCUT2D eigenvalue weighted by molar-refractivity contribution is 0.180. The Labute approximate surface area is 116 Å². The van der Waals surface area contributed by atoms with E-state index in [9.17, 15) is 0 Å². The van der Waals surface area contributed by atoms with Gasteiger partial charge in [-0.1, -0.05) is 6.58 Å². The highest BCUT2D eigenvalue weighted by molar-refractivity contribution is 5.81. The molecule has 1 aliphatic carbocycles. The predicted octanol–water partition coefficient (Wildman–Crippen LogP) is 0.517. The first-order valence-corrected chi connectivity index (χ1v) is 6.47. The van der Waals surface area contributed by atoms with Gasteiger partial charge in [-0.05, 0) is 18.9 Å². The van der Waals surface area contributed by atoms with E-state index in [-0.39, 0.29) is 25.2 Å². The first-order valence-electron chi connectivity index (χ1n) is 6.47. The van der Waals surface area contributed by atoms with Crippen LogP contribution in [0.5, 0.6) is 0 Å². The molecule has 2 aromatic rings. The van der Waals surface area contributed by atoms with Gasteiger partial charge in [0.2, 0.25) is 0 Å². The molecule has 0 amide bonds. The van der Waals surface area contributed by atoms with E-state index in [0.29, 0.717) is 11.3 Å². The van der Waals surface area contributed by atoms with E-state index in [2.05, 4.69) is 21.5 Å².